The molecule has 2 nitrogen and oxygen atoms in total. The quantitative estimate of drug-likeness (QED) is 0.511. The zero-order valence-electron chi connectivity index (χ0n) is 6.42. The Kier molecular flexibility index (Phi) is 2.57. The maximum Gasteiger partial charge on any atom is 0.123 e. The van der Waals surface area contributed by atoms with Gasteiger partial charge in [-0.15, -0.1) is 0 Å². The van der Waals surface area contributed by atoms with Gasteiger partial charge in [0.25, 0.3) is 0 Å². The molecule has 0 atom stereocenters. The Morgan fingerprint density at radius 2 is 2.27 bits per heavy atom. The van der Waals surface area contributed by atoms with Crippen molar-refractivity contribution >= 4 is 0 Å². The van der Waals surface area contributed by atoms with Gasteiger partial charge in [-0.1, -0.05) is 12.1 Å². The highest BCUT2D eigenvalue weighted by Crippen LogP contribution is 2.03. The summed E-state index contributed by atoms with van der Waals surface area (Å²) in [5.41, 5.74) is 0.884. The average molecular weight is 154 g/mol. The van der Waals surface area contributed by atoms with Crippen LogP contribution >= 0.6 is 0 Å². The van der Waals surface area contributed by atoms with E-state index in [1.807, 2.05) is 6.07 Å². The van der Waals surface area contributed by atoms with Crippen LogP contribution < -0.4 is 5.84 Å². The second-order valence-electron chi connectivity index (χ2n) is 2.55. The van der Waals surface area contributed by atoms with Crippen molar-refractivity contribution in [3.05, 3.63) is 35.6 Å². The highest BCUT2D eigenvalue weighted by atomic mass is 19.1. The van der Waals surface area contributed by atoms with E-state index in [2.05, 4.69) is 0 Å². The van der Waals surface area contributed by atoms with Gasteiger partial charge in [-0.3, -0.25) is 5.84 Å². The number of hydrazine groups is 1. The summed E-state index contributed by atoms with van der Waals surface area (Å²) in [6.07, 6.45) is 0. The Bertz CT molecular complexity index is 235. The van der Waals surface area contributed by atoms with Gasteiger partial charge in [-0.25, -0.2) is 9.40 Å². The number of hydrogen-bond donors (Lipinski definition) is 1. The number of nitrogens with two attached hydrogens (primary N) is 1. The molecule has 1 aromatic rings. The summed E-state index contributed by atoms with van der Waals surface area (Å²) in [6.45, 7) is 0.567. The lowest BCUT2D eigenvalue weighted by Crippen LogP contribution is -2.24. The van der Waals surface area contributed by atoms with Gasteiger partial charge in [0.05, 0.1) is 0 Å². The lowest BCUT2D eigenvalue weighted by molar-refractivity contribution is 0.341. The van der Waals surface area contributed by atoms with Gasteiger partial charge >= 0.3 is 0 Å². The lowest BCUT2D eigenvalue weighted by atomic mass is 10.2. The molecular formula is C8H11FN2. The van der Waals surface area contributed by atoms with E-state index < -0.39 is 0 Å². The van der Waals surface area contributed by atoms with Crippen LogP contribution in [0.25, 0.3) is 0 Å². The van der Waals surface area contributed by atoms with E-state index in [0.29, 0.717) is 6.54 Å². The van der Waals surface area contributed by atoms with Crippen molar-refractivity contribution in [2.24, 2.45) is 5.84 Å². The zero-order chi connectivity index (χ0) is 8.27. The average Bonchev–Trinajstić information content (AvgIpc) is 1.85. The molecule has 1 rings (SSSR count). The fraction of sp³-hybridized carbons (Fsp3) is 0.250. The molecule has 0 aliphatic carbocycles. The number of hydrogen-bond acceptors (Lipinski definition) is 2. The molecule has 2 N–H and O–H groups in total. The molecule has 60 valence electrons. The molecule has 0 amide bonds. The first kappa shape index (κ1) is 8.17. The summed E-state index contributed by atoms with van der Waals surface area (Å²) < 4.78 is 12.6. The predicted octanol–water partition coefficient (Wildman–Crippen LogP) is 1.13. The fourth-order valence-corrected chi connectivity index (χ4v) is 0.923. The van der Waals surface area contributed by atoms with E-state index in [1.165, 1.54) is 17.1 Å². The molecule has 1 aromatic carbocycles. The second-order valence-corrected chi connectivity index (χ2v) is 2.55. The maximum absolute atomic E-state index is 12.6. The molecule has 0 saturated carbocycles. The van der Waals surface area contributed by atoms with Gasteiger partial charge in [0.1, 0.15) is 5.82 Å². The van der Waals surface area contributed by atoms with Gasteiger partial charge in [-0.05, 0) is 17.7 Å². The minimum Gasteiger partial charge on any atom is -0.269 e. The van der Waals surface area contributed by atoms with Gasteiger partial charge in [0, 0.05) is 13.6 Å². The normalized spacial score (nSPS) is 10.5. The summed E-state index contributed by atoms with van der Waals surface area (Å²) in [5, 5.41) is 1.51. The monoisotopic (exact) mass is 154 g/mol. The van der Waals surface area contributed by atoms with Crippen LogP contribution in [0.15, 0.2) is 24.3 Å². The summed E-state index contributed by atoms with van der Waals surface area (Å²) in [4.78, 5) is 0. The van der Waals surface area contributed by atoms with E-state index in [9.17, 15) is 4.39 Å². The van der Waals surface area contributed by atoms with Crippen molar-refractivity contribution < 1.29 is 4.39 Å². The Balaban J connectivity index is 2.71. The van der Waals surface area contributed by atoms with Crippen LogP contribution in [-0.4, -0.2) is 12.1 Å². The van der Waals surface area contributed by atoms with Gasteiger partial charge in [0.2, 0.25) is 0 Å². The molecule has 0 unspecified atom stereocenters. The van der Waals surface area contributed by atoms with Gasteiger partial charge in [0.15, 0.2) is 0 Å². The molecule has 0 aromatic heterocycles. The lowest BCUT2D eigenvalue weighted by Gasteiger charge is -2.08. The molecule has 0 aliphatic heterocycles. The van der Waals surface area contributed by atoms with E-state index in [-0.39, 0.29) is 5.82 Å². The molecule has 0 saturated heterocycles. The molecule has 11 heavy (non-hydrogen) atoms. The fourth-order valence-electron chi connectivity index (χ4n) is 0.923. The van der Waals surface area contributed by atoms with Crippen LogP contribution in [0.5, 0.6) is 0 Å². The third-order valence-corrected chi connectivity index (χ3v) is 1.32. The smallest absolute Gasteiger partial charge is 0.123 e. The first-order chi connectivity index (χ1) is 5.18. The largest absolute Gasteiger partial charge is 0.269 e. The molecule has 0 aliphatic rings. The third-order valence-electron chi connectivity index (χ3n) is 1.32. The SMILES string of the molecule is CN(N)Cc1cccc(F)c1. The standard InChI is InChI=1S/C8H11FN2/c1-11(10)6-7-3-2-4-8(9)5-7/h2-5H,6,10H2,1H3. The Hall–Kier alpha value is -0.930. The predicted molar refractivity (Wildman–Crippen MR) is 42.1 cm³/mol. The van der Waals surface area contributed by atoms with E-state index in [4.69, 9.17) is 5.84 Å². The highest BCUT2D eigenvalue weighted by Gasteiger charge is 1.95. The van der Waals surface area contributed by atoms with Crippen LogP contribution in [0.2, 0.25) is 0 Å². The number of nitrogens with zero attached hydrogens (tertiary/aromatic N) is 1. The Labute approximate surface area is 65.4 Å². The summed E-state index contributed by atoms with van der Waals surface area (Å²) in [5.74, 6) is 5.17. The molecular weight excluding hydrogens is 143 g/mol. The van der Waals surface area contributed by atoms with Crippen molar-refractivity contribution in [2.45, 2.75) is 6.54 Å². The maximum atomic E-state index is 12.6. The van der Waals surface area contributed by atoms with Gasteiger partial charge in [-0.2, -0.15) is 0 Å². The molecule has 0 heterocycles. The highest BCUT2D eigenvalue weighted by molar-refractivity contribution is 5.15. The Morgan fingerprint density at radius 3 is 2.82 bits per heavy atom. The van der Waals surface area contributed by atoms with Crippen molar-refractivity contribution in [1.29, 1.82) is 0 Å². The van der Waals surface area contributed by atoms with Crippen molar-refractivity contribution in [2.75, 3.05) is 7.05 Å². The molecule has 0 spiro atoms. The molecule has 0 bridgehead atoms. The molecule has 3 heteroatoms. The summed E-state index contributed by atoms with van der Waals surface area (Å²) in [7, 11) is 1.74. The number of rotatable bonds is 2. The van der Waals surface area contributed by atoms with E-state index in [0.717, 1.165) is 5.56 Å². The minimum absolute atomic E-state index is 0.218. The summed E-state index contributed by atoms with van der Waals surface area (Å²) in [6, 6.07) is 6.41. The van der Waals surface area contributed by atoms with Crippen LogP contribution in [0.4, 0.5) is 4.39 Å². The zero-order valence-corrected chi connectivity index (χ0v) is 6.42. The summed E-state index contributed by atoms with van der Waals surface area (Å²) >= 11 is 0. The van der Waals surface area contributed by atoms with Crippen LogP contribution in [0.3, 0.4) is 0 Å². The van der Waals surface area contributed by atoms with Crippen molar-refractivity contribution in [3.63, 3.8) is 0 Å². The Morgan fingerprint density at radius 1 is 1.55 bits per heavy atom. The molecule has 0 radical (unpaired) electrons. The van der Waals surface area contributed by atoms with Gasteiger partial charge < -0.3 is 0 Å². The topological polar surface area (TPSA) is 29.3 Å². The van der Waals surface area contributed by atoms with Crippen molar-refractivity contribution in [3.8, 4) is 0 Å². The van der Waals surface area contributed by atoms with Crippen LogP contribution in [0.1, 0.15) is 5.56 Å². The minimum atomic E-state index is -0.218. The molecule has 0 fully saturated rings. The van der Waals surface area contributed by atoms with Crippen LogP contribution in [0, 0.1) is 5.82 Å². The third kappa shape index (κ3) is 2.65. The first-order valence-electron chi connectivity index (χ1n) is 3.39. The number of halogens is 1. The van der Waals surface area contributed by atoms with E-state index in [1.54, 1.807) is 13.1 Å². The first-order valence-corrected chi connectivity index (χ1v) is 3.39. The second kappa shape index (κ2) is 3.46. The van der Waals surface area contributed by atoms with Crippen molar-refractivity contribution in [1.82, 2.24) is 5.01 Å². The van der Waals surface area contributed by atoms with E-state index >= 15 is 0 Å². The van der Waals surface area contributed by atoms with Crippen LogP contribution in [-0.2, 0) is 6.54 Å². The number of benzene rings is 1.